The van der Waals surface area contributed by atoms with E-state index in [0.717, 1.165) is 0 Å². The van der Waals surface area contributed by atoms with E-state index in [0.29, 0.717) is 12.0 Å². The highest BCUT2D eigenvalue weighted by molar-refractivity contribution is 5.32. The maximum absolute atomic E-state index is 13.1. The average molecular weight is 213 g/mol. The molecule has 0 heterocycles. The molecule has 0 saturated carbocycles. The Balaban J connectivity index is 2.95. The van der Waals surface area contributed by atoms with Crippen LogP contribution in [0, 0.1) is 5.82 Å². The third-order valence-electron chi connectivity index (χ3n) is 2.39. The number of nitrogens with two attached hydrogens (primary N) is 1. The number of hydrogen-bond acceptors (Lipinski definition) is 3. The number of rotatable bonds is 4. The number of methoxy groups -OCH3 is 1. The minimum absolute atomic E-state index is 0.145. The van der Waals surface area contributed by atoms with Gasteiger partial charge in [-0.3, -0.25) is 0 Å². The molecule has 0 aromatic heterocycles. The van der Waals surface area contributed by atoms with Gasteiger partial charge in [0, 0.05) is 0 Å². The zero-order valence-corrected chi connectivity index (χ0v) is 8.90. The third kappa shape index (κ3) is 2.67. The molecule has 0 spiro atoms. The molecule has 0 aliphatic carbocycles. The van der Waals surface area contributed by atoms with Crippen molar-refractivity contribution in [3.63, 3.8) is 0 Å². The average Bonchev–Trinajstić information content (AvgIpc) is 2.27. The van der Waals surface area contributed by atoms with E-state index in [4.69, 9.17) is 10.5 Å². The van der Waals surface area contributed by atoms with Gasteiger partial charge in [0.1, 0.15) is 0 Å². The van der Waals surface area contributed by atoms with Gasteiger partial charge in [-0.05, 0) is 24.1 Å². The lowest BCUT2D eigenvalue weighted by Crippen LogP contribution is -2.25. The first-order valence-electron chi connectivity index (χ1n) is 4.87. The molecule has 1 aromatic rings. The van der Waals surface area contributed by atoms with Crippen LogP contribution in [-0.2, 0) is 0 Å². The Morgan fingerprint density at radius 1 is 1.53 bits per heavy atom. The number of aliphatic hydroxyl groups is 1. The predicted molar refractivity (Wildman–Crippen MR) is 56.2 cm³/mol. The van der Waals surface area contributed by atoms with E-state index in [2.05, 4.69) is 0 Å². The zero-order valence-electron chi connectivity index (χ0n) is 8.90. The van der Waals surface area contributed by atoms with Crippen molar-refractivity contribution in [3.05, 3.63) is 29.6 Å². The van der Waals surface area contributed by atoms with Gasteiger partial charge in [0.15, 0.2) is 11.6 Å². The molecule has 3 nitrogen and oxygen atoms in total. The van der Waals surface area contributed by atoms with Crippen LogP contribution >= 0.6 is 0 Å². The van der Waals surface area contributed by atoms with E-state index in [-0.39, 0.29) is 5.75 Å². The molecule has 0 aliphatic rings. The highest BCUT2D eigenvalue weighted by atomic mass is 19.1. The molecule has 4 heteroatoms. The Labute approximate surface area is 88.7 Å². The summed E-state index contributed by atoms with van der Waals surface area (Å²) >= 11 is 0. The van der Waals surface area contributed by atoms with E-state index in [1.165, 1.54) is 19.2 Å². The van der Waals surface area contributed by atoms with Gasteiger partial charge in [-0.15, -0.1) is 0 Å². The molecule has 2 atom stereocenters. The Morgan fingerprint density at radius 3 is 2.73 bits per heavy atom. The topological polar surface area (TPSA) is 55.5 Å². The first-order chi connectivity index (χ1) is 7.10. The smallest absolute Gasteiger partial charge is 0.165 e. The van der Waals surface area contributed by atoms with Gasteiger partial charge < -0.3 is 15.6 Å². The van der Waals surface area contributed by atoms with E-state index >= 15 is 0 Å². The van der Waals surface area contributed by atoms with Gasteiger partial charge in [-0.1, -0.05) is 13.0 Å². The maximum Gasteiger partial charge on any atom is 0.165 e. The van der Waals surface area contributed by atoms with Gasteiger partial charge in [0.25, 0.3) is 0 Å². The predicted octanol–water partition coefficient (Wildman–Crippen LogP) is 1.61. The summed E-state index contributed by atoms with van der Waals surface area (Å²) in [5.74, 6) is -0.286. The highest BCUT2D eigenvalue weighted by Gasteiger charge is 2.16. The second kappa shape index (κ2) is 5.09. The van der Waals surface area contributed by atoms with E-state index in [1.807, 2.05) is 6.92 Å². The molecule has 15 heavy (non-hydrogen) atoms. The second-order valence-corrected chi connectivity index (χ2v) is 3.40. The quantitative estimate of drug-likeness (QED) is 0.798. The van der Waals surface area contributed by atoms with Crippen molar-refractivity contribution in [1.82, 2.24) is 0 Å². The minimum Gasteiger partial charge on any atom is -0.494 e. The highest BCUT2D eigenvalue weighted by Crippen LogP contribution is 2.23. The van der Waals surface area contributed by atoms with Crippen LogP contribution in [0.5, 0.6) is 5.75 Å². The minimum atomic E-state index is -0.625. The first-order valence-corrected chi connectivity index (χ1v) is 4.87. The Bertz CT molecular complexity index is 330. The van der Waals surface area contributed by atoms with Crippen molar-refractivity contribution < 1.29 is 14.2 Å². The summed E-state index contributed by atoms with van der Waals surface area (Å²) in [6.07, 6.45) is -0.0684. The van der Waals surface area contributed by atoms with Crippen molar-refractivity contribution in [3.8, 4) is 5.75 Å². The third-order valence-corrected chi connectivity index (χ3v) is 2.39. The van der Waals surface area contributed by atoms with Crippen LogP contribution in [0.3, 0.4) is 0 Å². The summed E-state index contributed by atoms with van der Waals surface area (Å²) in [6.45, 7) is 1.84. The first kappa shape index (κ1) is 11.9. The molecule has 1 rings (SSSR count). The molecule has 0 aliphatic heterocycles. The molecule has 0 radical (unpaired) electrons. The van der Waals surface area contributed by atoms with Crippen molar-refractivity contribution in [2.45, 2.75) is 25.5 Å². The van der Waals surface area contributed by atoms with Crippen molar-refractivity contribution >= 4 is 0 Å². The monoisotopic (exact) mass is 213 g/mol. The lowest BCUT2D eigenvalue weighted by Gasteiger charge is -2.18. The van der Waals surface area contributed by atoms with E-state index < -0.39 is 18.0 Å². The fourth-order valence-electron chi connectivity index (χ4n) is 1.36. The van der Waals surface area contributed by atoms with Crippen molar-refractivity contribution in [2.75, 3.05) is 7.11 Å². The summed E-state index contributed by atoms with van der Waals surface area (Å²) in [5.41, 5.74) is 6.46. The summed E-state index contributed by atoms with van der Waals surface area (Å²) in [6, 6.07) is 3.85. The van der Waals surface area contributed by atoms with Crippen LogP contribution in [0.4, 0.5) is 4.39 Å². The molecular formula is C11H16FNO2. The Kier molecular flexibility index (Phi) is 4.05. The summed E-state index contributed by atoms with van der Waals surface area (Å²) in [4.78, 5) is 0. The Morgan fingerprint density at radius 2 is 2.20 bits per heavy atom. The molecule has 0 saturated heterocycles. The molecule has 0 bridgehead atoms. The van der Waals surface area contributed by atoms with Gasteiger partial charge >= 0.3 is 0 Å². The number of aliphatic hydroxyl groups excluding tert-OH is 1. The summed E-state index contributed by atoms with van der Waals surface area (Å²) < 4.78 is 17.9. The molecule has 84 valence electrons. The number of halogens is 1. The zero-order chi connectivity index (χ0) is 11.4. The summed E-state index contributed by atoms with van der Waals surface area (Å²) in [5, 5.41) is 9.55. The standard InChI is InChI=1S/C11H16FNO2/c1-3-9(14)11(13)7-4-5-8(12)10(6-7)15-2/h4-6,9,11,14H,3,13H2,1-2H3/t9-,11+/m1/s1. The maximum atomic E-state index is 13.1. The molecule has 1 aromatic carbocycles. The van der Waals surface area contributed by atoms with Crippen molar-refractivity contribution in [2.24, 2.45) is 5.73 Å². The summed E-state index contributed by atoms with van der Waals surface area (Å²) in [7, 11) is 1.39. The van der Waals surface area contributed by atoms with Gasteiger partial charge in [0.05, 0.1) is 19.3 Å². The number of ether oxygens (including phenoxy) is 1. The lowest BCUT2D eigenvalue weighted by molar-refractivity contribution is 0.140. The van der Waals surface area contributed by atoms with E-state index in [1.54, 1.807) is 6.07 Å². The fourth-order valence-corrected chi connectivity index (χ4v) is 1.36. The van der Waals surface area contributed by atoms with Gasteiger partial charge in [0.2, 0.25) is 0 Å². The van der Waals surface area contributed by atoms with Crippen molar-refractivity contribution in [1.29, 1.82) is 0 Å². The molecule has 0 amide bonds. The normalized spacial score (nSPS) is 14.7. The largest absolute Gasteiger partial charge is 0.494 e. The fraction of sp³-hybridized carbons (Fsp3) is 0.455. The molecule has 0 fully saturated rings. The lowest BCUT2D eigenvalue weighted by atomic mass is 10.0. The Hall–Kier alpha value is -1.13. The molecular weight excluding hydrogens is 197 g/mol. The van der Waals surface area contributed by atoms with Crippen LogP contribution in [0.1, 0.15) is 24.9 Å². The van der Waals surface area contributed by atoms with Crippen LogP contribution < -0.4 is 10.5 Å². The van der Waals surface area contributed by atoms with Crippen LogP contribution in [-0.4, -0.2) is 18.3 Å². The van der Waals surface area contributed by atoms with Gasteiger partial charge in [-0.25, -0.2) is 4.39 Å². The second-order valence-electron chi connectivity index (χ2n) is 3.40. The van der Waals surface area contributed by atoms with E-state index in [9.17, 15) is 9.50 Å². The molecule has 3 N–H and O–H groups in total. The SMILES string of the molecule is CC[C@@H](O)[C@@H](N)c1ccc(F)c(OC)c1. The number of benzene rings is 1. The molecule has 0 unspecified atom stereocenters. The van der Waals surface area contributed by atoms with Gasteiger partial charge in [-0.2, -0.15) is 0 Å². The van der Waals surface area contributed by atoms with Crippen LogP contribution in [0.25, 0.3) is 0 Å². The van der Waals surface area contributed by atoms with Crippen LogP contribution in [0.15, 0.2) is 18.2 Å². The number of hydrogen-bond donors (Lipinski definition) is 2. The van der Waals surface area contributed by atoms with Crippen LogP contribution in [0.2, 0.25) is 0 Å².